The standard InChI is InChI=1S/C26H29ClN4O3/c1-14(11-25(5,6)13-32)12-34-17(4)26(7)20-21(28)29-22(30-23(20)31-24(26)33)16(3)19-9-8-18(27)10-15(19)2/h8-10,12-13H,3-4,11H2,1-2,5-7H3,(H3,28,29,30,31,33)/b14-12+. The molecule has 0 aliphatic carbocycles. The molecule has 34 heavy (non-hydrogen) atoms. The molecule has 1 aromatic heterocycles. The number of hydrogen-bond donors (Lipinski definition) is 2. The second-order valence-corrected chi connectivity index (χ2v) is 9.90. The van der Waals surface area contributed by atoms with Crippen LogP contribution in [0.4, 0.5) is 11.6 Å². The number of nitrogens with two attached hydrogens (primary N) is 1. The minimum atomic E-state index is -1.30. The fourth-order valence-corrected chi connectivity index (χ4v) is 4.21. The van der Waals surface area contributed by atoms with Gasteiger partial charge in [0.15, 0.2) is 5.82 Å². The summed E-state index contributed by atoms with van der Waals surface area (Å²) in [5.74, 6) is 0.502. The molecular formula is C26H29ClN4O3. The Morgan fingerprint density at radius 2 is 2.00 bits per heavy atom. The molecule has 0 saturated carbocycles. The third kappa shape index (κ3) is 4.61. The van der Waals surface area contributed by atoms with E-state index in [1.807, 2.05) is 39.8 Å². The zero-order chi connectivity index (χ0) is 25.4. The number of allylic oxidation sites excluding steroid dienone is 1. The van der Waals surface area contributed by atoms with E-state index in [9.17, 15) is 9.59 Å². The lowest BCUT2D eigenvalue weighted by Gasteiger charge is -2.25. The van der Waals surface area contributed by atoms with Crippen molar-refractivity contribution in [1.29, 1.82) is 0 Å². The average Bonchev–Trinajstić information content (AvgIpc) is 3.02. The van der Waals surface area contributed by atoms with Gasteiger partial charge in [0, 0.05) is 16.0 Å². The number of ether oxygens (including phenoxy) is 1. The number of amides is 1. The van der Waals surface area contributed by atoms with Gasteiger partial charge >= 0.3 is 0 Å². The van der Waals surface area contributed by atoms with Crippen LogP contribution in [0.25, 0.3) is 5.57 Å². The second kappa shape index (κ2) is 9.06. The number of aromatic nitrogens is 2. The number of anilines is 2. The quantitative estimate of drug-likeness (QED) is 0.390. The number of fused-ring (bicyclic) bond motifs is 1. The maximum Gasteiger partial charge on any atom is 0.243 e. The van der Waals surface area contributed by atoms with Crippen molar-refractivity contribution in [2.45, 2.75) is 46.5 Å². The number of aryl methyl sites for hydroxylation is 1. The van der Waals surface area contributed by atoms with Gasteiger partial charge < -0.3 is 20.6 Å². The molecule has 1 aliphatic heterocycles. The lowest BCUT2D eigenvalue weighted by Crippen LogP contribution is -2.34. The molecule has 2 aromatic rings. The first-order valence-corrected chi connectivity index (χ1v) is 11.1. The molecule has 1 aromatic carbocycles. The van der Waals surface area contributed by atoms with E-state index in [4.69, 9.17) is 22.1 Å². The Hall–Kier alpha value is -3.45. The summed E-state index contributed by atoms with van der Waals surface area (Å²) in [7, 11) is 0. The van der Waals surface area contributed by atoms with Crippen molar-refractivity contribution in [3.8, 4) is 0 Å². The molecule has 8 heteroatoms. The summed E-state index contributed by atoms with van der Waals surface area (Å²) in [5.41, 5.74) is 8.02. The van der Waals surface area contributed by atoms with E-state index in [1.54, 1.807) is 13.0 Å². The number of nitrogens with one attached hydrogen (secondary N) is 1. The van der Waals surface area contributed by atoms with Gasteiger partial charge in [0.2, 0.25) is 5.91 Å². The van der Waals surface area contributed by atoms with Crippen molar-refractivity contribution in [3.63, 3.8) is 0 Å². The van der Waals surface area contributed by atoms with Crippen LogP contribution in [0.5, 0.6) is 0 Å². The van der Waals surface area contributed by atoms with Gasteiger partial charge in [-0.05, 0) is 56.0 Å². The Morgan fingerprint density at radius 3 is 2.62 bits per heavy atom. The van der Waals surface area contributed by atoms with Crippen LogP contribution < -0.4 is 11.1 Å². The highest BCUT2D eigenvalue weighted by Crippen LogP contribution is 2.45. The predicted octanol–water partition coefficient (Wildman–Crippen LogP) is 5.34. The normalized spacial score (nSPS) is 17.7. The zero-order valence-electron chi connectivity index (χ0n) is 20.1. The van der Waals surface area contributed by atoms with Crippen molar-refractivity contribution in [2.75, 3.05) is 11.1 Å². The van der Waals surface area contributed by atoms with Crippen LogP contribution in [0.3, 0.4) is 0 Å². The molecular weight excluding hydrogens is 452 g/mol. The molecule has 1 atom stereocenters. The molecule has 1 aliphatic rings. The van der Waals surface area contributed by atoms with Crippen molar-refractivity contribution in [2.24, 2.45) is 5.41 Å². The number of rotatable bonds is 8. The van der Waals surface area contributed by atoms with Gasteiger partial charge in [0.05, 0.1) is 11.8 Å². The highest BCUT2D eigenvalue weighted by Gasteiger charge is 2.49. The summed E-state index contributed by atoms with van der Waals surface area (Å²) in [4.78, 5) is 33.2. The monoisotopic (exact) mass is 480 g/mol. The van der Waals surface area contributed by atoms with Crippen LogP contribution in [0.1, 0.15) is 56.6 Å². The van der Waals surface area contributed by atoms with E-state index in [0.717, 1.165) is 23.0 Å². The number of nitrogen functional groups attached to an aromatic ring is 1. The van der Waals surface area contributed by atoms with Crippen molar-refractivity contribution in [1.82, 2.24) is 9.97 Å². The van der Waals surface area contributed by atoms with E-state index in [1.165, 1.54) is 6.26 Å². The third-order valence-electron chi connectivity index (χ3n) is 5.92. The van der Waals surface area contributed by atoms with Gasteiger partial charge in [0.25, 0.3) is 0 Å². The number of hydrogen-bond acceptors (Lipinski definition) is 6. The van der Waals surface area contributed by atoms with Gasteiger partial charge in [0.1, 0.15) is 29.1 Å². The Kier molecular flexibility index (Phi) is 6.71. The van der Waals surface area contributed by atoms with Gasteiger partial charge in [-0.2, -0.15) is 0 Å². The molecule has 3 N–H and O–H groups in total. The third-order valence-corrected chi connectivity index (χ3v) is 6.16. The Labute approximate surface area is 204 Å². The number of halogens is 1. The Morgan fingerprint density at radius 1 is 1.32 bits per heavy atom. The van der Waals surface area contributed by atoms with E-state index >= 15 is 0 Å². The minimum Gasteiger partial charge on any atom is -0.469 e. The summed E-state index contributed by atoms with van der Waals surface area (Å²) >= 11 is 6.06. The van der Waals surface area contributed by atoms with E-state index in [2.05, 4.69) is 28.4 Å². The highest BCUT2D eigenvalue weighted by atomic mass is 35.5. The maximum absolute atomic E-state index is 13.0. The summed E-state index contributed by atoms with van der Waals surface area (Å²) in [6.07, 6.45) is 2.90. The van der Waals surface area contributed by atoms with Crippen LogP contribution in [0.15, 0.2) is 49.0 Å². The van der Waals surface area contributed by atoms with E-state index in [-0.39, 0.29) is 23.3 Å². The zero-order valence-corrected chi connectivity index (χ0v) is 20.8. The topological polar surface area (TPSA) is 107 Å². The summed E-state index contributed by atoms with van der Waals surface area (Å²) in [5, 5.41) is 3.39. The van der Waals surface area contributed by atoms with Crippen molar-refractivity contribution < 1.29 is 14.3 Å². The van der Waals surface area contributed by atoms with Gasteiger partial charge in [-0.3, -0.25) is 4.79 Å². The Balaban J connectivity index is 1.93. The van der Waals surface area contributed by atoms with Crippen molar-refractivity contribution in [3.05, 3.63) is 76.5 Å². The van der Waals surface area contributed by atoms with Crippen LogP contribution in [0, 0.1) is 12.3 Å². The highest BCUT2D eigenvalue weighted by molar-refractivity contribution is 6.30. The van der Waals surface area contributed by atoms with Crippen LogP contribution in [0.2, 0.25) is 5.02 Å². The molecule has 0 spiro atoms. The molecule has 1 amide bonds. The Bertz CT molecular complexity index is 1250. The van der Waals surface area contributed by atoms with Gasteiger partial charge in [-0.25, -0.2) is 9.97 Å². The lowest BCUT2D eigenvalue weighted by molar-refractivity contribution is -0.120. The number of carbonyl (C=O) groups is 2. The molecule has 0 fully saturated rings. The smallest absolute Gasteiger partial charge is 0.243 e. The largest absolute Gasteiger partial charge is 0.469 e. The number of benzene rings is 1. The molecule has 1 unspecified atom stereocenters. The van der Waals surface area contributed by atoms with E-state index in [0.29, 0.717) is 28.4 Å². The molecule has 0 saturated heterocycles. The predicted molar refractivity (Wildman–Crippen MR) is 135 cm³/mol. The number of carbonyl (C=O) groups excluding carboxylic acids is 2. The molecule has 3 rings (SSSR count). The van der Waals surface area contributed by atoms with Crippen LogP contribution >= 0.6 is 11.6 Å². The van der Waals surface area contributed by atoms with Crippen LogP contribution in [-0.2, 0) is 19.7 Å². The first-order chi connectivity index (χ1) is 15.8. The number of aldehydes is 1. The van der Waals surface area contributed by atoms with Gasteiger partial charge in [-0.15, -0.1) is 0 Å². The first-order valence-electron chi connectivity index (χ1n) is 10.7. The molecule has 178 valence electrons. The summed E-state index contributed by atoms with van der Waals surface area (Å²) in [6, 6.07) is 5.42. The maximum atomic E-state index is 13.0. The minimum absolute atomic E-state index is 0.126. The molecule has 0 radical (unpaired) electrons. The molecule has 2 heterocycles. The van der Waals surface area contributed by atoms with Crippen molar-refractivity contribution >= 4 is 41.0 Å². The second-order valence-electron chi connectivity index (χ2n) is 9.46. The fourth-order valence-electron chi connectivity index (χ4n) is 3.99. The first kappa shape index (κ1) is 25.2. The molecule has 7 nitrogen and oxygen atoms in total. The SMILES string of the molecule is C=C(c1nc(N)c2c(n1)NC(=O)C2(C)C(=C)O/C=C(\C)CC(C)(C)C=O)c1ccc(Cl)cc1C. The molecule has 0 bridgehead atoms. The summed E-state index contributed by atoms with van der Waals surface area (Å²) < 4.78 is 5.76. The van der Waals surface area contributed by atoms with Gasteiger partial charge in [-0.1, -0.05) is 44.7 Å². The lowest BCUT2D eigenvalue weighted by atomic mass is 9.82. The summed E-state index contributed by atoms with van der Waals surface area (Å²) in [6.45, 7) is 17.2. The van der Waals surface area contributed by atoms with Crippen LogP contribution in [-0.4, -0.2) is 22.2 Å². The van der Waals surface area contributed by atoms with E-state index < -0.39 is 10.8 Å². The average molecular weight is 481 g/mol. The fraction of sp³-hybridized carbons (Fsp3) is 0.308. The number of nitrogens with zero attached hydrogens (tertiary/aromatic N) is 2.